The minimum Gasteiger partial charge on any atom is -0.284 e. The van der Waals surface area contributed by atoms with E-state index in [9.17, 15) is 21.6 Å². The molecule has 0 bridgehead atoms. The molecule has 0 fully saturated rings. The van der Waals surface area contributed by atoms with Crippen molar-refractivity contribution in [3.8, 4) is 0 Å². The van der Waals surface area contributed by atoms with Crippen molar-refractivity contribution in [2.45, 2.75) is 6.92 Å². The van der Waals surface area contributed by atoms with Crippen molar-refractivity contribution in [2.75, 3.05) is 17.2 Å². The molecule has 0 saturated carbocycles. The van der Waals surface area contributed by atoms with Gasteiger partial charge in [-0.05, 0) is 58.8 Å². The molecule has 1 N–H and O–H groups in total. The van der Waals surface area contributed by atoms with E-state index < -0.39 is 25.7 Å². The van der Waals surface area contributed by atoms with Crippen molar-refractivity contribution < 1.29 is 21.1 Å². The summed E-state index contributed by atoms with van der Waals surface area (Å²) in [7, 11) is -7.77. The van der Waals surface area contributed by atoms with Crippen molar-refractivity contribution in [3.05, 3.63) is 48.5 Å². The first-order valence-electron chi connectivity index (χ1n) is 6.93. The maximum absolute atomic E-state index is 12.6. The molecule has 0 radical (unpaired) electrons. The second-order valence-electron chi connectivity index (χ2n) is 5.35. The van der Waals surface area contributed by atoms with Gasteiger partial charge in [-0.1, -0.05) is 0 Å². The lowest BCUT2D eigenvalue weighted by Crippen LogP contribution is -2.34. The number of hydrogen-bond donors (Lipinski definition) is 1. The van der Waals surface area contributed by atoms with Crippen LogP contribution in [0.4, 0.5) is 5.69 Å². The summed E-state index contributed by atoms with van der Waals surface area (Å²) < 4.78 is 54.2. The predicted molar refractivity (Wildman–Crippen MR) is 106 cm³/mol. The fraction of sp³-hybridized carbons (Fsp3) is 0.214. The molecule has 8 nitrogen and oxygen atoms in total. The van der Waals surface area contributed by atoms with Crippen LogP contribution in [-0.4, -0.2) is 34.1 Å². The number of anilines is 1. The van der Waals surface area contributed by atoms with Crippen LogP contribution in [0.1, 0.15) is 16.1 Å². The third kappa shape index (κ3) is 5.69. The maximum Gasteiger partial charge on any atom is 0.324 e. The average molecular weight is 483 g/mol. The minimum atomic E-state index is -4.03. The van der Waals surface area contributed by atoms with Crippen LogP contribution in [0, 0.1) is 6.92 Å². The zero-order chi connectivity index (χ0) is 19.7. The summed E-state index contributed by atoms with van der Waals surface area (Å²) >= 11 is 4.77. The van der Waals surface area contributed by atoms with Crippen LogP contribution >= 0.6 is 27.3 Å². The average Bonchev–Trinajstić information content (AvgIpc) is 2.88. The molecule has 26 heavy (non-hydrogen) atoms. The van der Waals surface area contributed by atoms with Gasteiger partial charge in [-0.15, -0.1) is 16.1 Å². The normalized spacial score (nSPS) is 12.5. The zero-order valence-corrected chi connectivity index (χ0v) is 17.9. The number of rotatable bonds is 6. The van der Waals surface area contributed by atoms with Gasteiger partial charge in [-0.2, -0.15) is 8.42 Å². The summed E-state index contributed by atoms with van der Waals surface area (Å²) in [4.78, 5) is 13.4. The van der Waals surface area contributed by atoms with Gasteiger partial charge in [0.2, 0.25) is 10.0 Å². The van der Waals surface area contributed by atoms with Crippen LogP contribution in [0.2, 0.25) is 0 Å². The van der Waals surface area contributed by atoms with Gasteiger partial charge in [0.25, 0.3) is 0 Å². The first-order chi connectivity index (χ1) is 11.9. The summed E-state index contributed by atoms with van der Waals surface area (Å²) in [5.74, 6) is 0. The Hall–Kier alpha value is -1.63. The highest BCUT2D eigenvalue weighted by atomic mass is 79.9. The molecule has 2 aromatic rings. The van der Waals surface area contributed by atoms with Gasteiger partial charge in [0.05, 0.1) is 22.0 Å². The molecule has 2 rings (SSSR count). The van der Waals surface area contributed by atoms with Crippen LogP contribution in [0.3, 0.4) is 0 Å². The van der Waals surface area contributed by atoms with Gasteiger partial charge >= 0.3 is 15.7 Å². The molecule has 0 spiro atoms. The molecule has 2 heterocycles. The SMILES string of the molecule is Cc1cc(C=Cc2ccc(Br)s2)n(OS(C)(=O)=O)c(=O)c1NS(C)(=O)=O. The van der Waals surface area contributed by atoms with Gasteiger partial charge in [0.1, 0.15) is 5.69 Å². The zero-order valence-electron chi connectivity index (χ0n) is 13.9. The third-order valence-electron chi connectivity index (χ3n) is 2.90. The molecule has 0 aliphatic rings. The first kappa shape index (κ1) is 20.7. The number of sulfonamides is 1. The second kappa shape index (κ2) is 7.55. The van der Waals surface area contributed by atoms with E-state index in [4.69, 9.17) is 4.28 Å². The Bertz CT molecular complexity index is 1130. The smallest absolute Gasteiger partial charge is 0.284 e. The summed E-state index contributed by atoms with van der Waals surface area (Å²) in [6, 6.07) is 5.12. The lowest BCUT2D eigenvalue weighted by atomic mass is 10.2. The number of nitrogens with zero attached hydrogens (tertiary/aromatic N) is 1. The molecule has 0 atom stereocenters. The van der Waals surface area contributed by atoms with Crippen LogP contribution in [0.25, 0.3) is 12.2 Å². The van der Waals surface area contributed by atoms with Crippen LogP contribution < -0.4 is 14.6 Å². The Labute approximate surface area is 163 Å². The van der Waals surface area contributed by atoms with E-state index in [-0.39, 0.29) is 11.4 Å². The summed E-state index contributed by atoms with van der Waals surface area (Å²) in [5, 5.41) is 0. The molecule has 0 aliphatic carbocycles. The quantitative estimate of drug-likeness (QED) is 0.672. The Morgan fingerprint density at radius 3 is 2.35 bits per heavy atom. The molecular formula is C14H15BrN2O6S3. The number of nitrogens with one attached hydrogen (secondary N) is 1. The summed E-state index contributed by atoms with van der Waals surface area (Å²) in [5.41, 5.74) is -0.762. The van der Waals surface area contributed by atoms with E-state index in [1.54, 1.807) is 6.08 Å². The van der Waals surface area contributed by atoms with Crippen molar-refractivity contribution in [1.29, 1.82) is 0 Å². The number of aryl methyl sites for hydroxylation is 1. The minimum absolute atomic E-state index is 0.140. The Balaban J connectivity index is 2.63. The molecule has 0 unspecified atom stereocenters. The summed E-state index contributed by atoms with van der Waals surface area (Å²) in [6.07, 6.45) is 4.85. The van der Waals surface area contributed by atoms with Crippen molar-refractivity contribution >= 4 is 65.2 Å². The molecule has 0 aromatic carbocycles. The number of hydrogen-bond acceptors (Lipinski definition) is 7. The molecule has 0 saturated heterocycles. The number of pyridine rings is 1. The van der Waals surface area contributed by atoms with E-state index in [0.717, 1.165) is 21.2 Å². The van der Waals surface area contributed by atoms with E-state index in [1.165, 1.54) is 30.4 Å². The molecular weight excluding hydrogens is 468 g/mol. The van der Waals surface area contributed by atoms with E-state index in [1.807, 2.05) is 12.1 Å². The Kier molecular flexibility index (Phi) is 6.00. The van der Waals surface area contributed by atoms with Crippen LogP contribution in [0.15, 0.2) is 26.8 Å². The van der Waals surface area contributed by atoms with Crippen molar-refractivity contribution in [1.82, 2.24) is 4.73 Å². The van der Waals surface area contributed by atoms with E-state index in [0.29, 0.717) is 10.3 Å². The predicted octanol–water partition coefficient (Wildman–Crippen LogP) is 1.91. The Morgan fingerprint density at radius 2 is 1.85 bits per heavy atom. The van der Waals surface area contributed by atoms with Gasteiger partial charge < -0.3 is 0 Å². The largest absolute Gasteiger partial charge is 0.324 e. The first-order valence-corrected chi connectivity index (χ1v) is 12.3. The lowest BCUT2D eigenvalue weighted by molar-refractivity contribution is 0.268. The number of aromatic nitrogens is 1. The fourth-order valence-electron chi connectivity index (χ4n) is 1.96. The molecule has 142 valence electrons. The third-order valence-corrected chi connectivity index (χ3v) is 5.48. The second-order valence-corrected chi connectivity index (χ2v) is 11.2. The van der Waals surface area contributed by atoms with Gasteiger partial charge in [0.15, 0.2) is 0 Å². The van der Waals surface area contributed by atoms with Gasteiger partial charge in [-0.3, -0.25) is 13.8 Å². The molecule has 0 amide bonds. The highest BCUT2D eigenvalue weighted by Crippen LogP contribution is 2.24. The highest BCUT2D eigenvalue weighted by Gasteiger charge is 2.18. The highest BCUT2D eigenvalue weighted by molar-refractivity contribution is 9.11. The fourth-order valence-corrected chi connectivity index (χ4v) is 4.33. The lowest BCUT2D eigenvalue weighted by Gasteiger charge is -2.14. The van der Waals surface area contributed by atoms with Crippen LogP contribution in [-0.2, 0) is 20.1 Å². The van der Waals surface area contributed by atoms with Crippen LogP contribution in [0.5, 0.6) is 0 Å². The van der Waals surface area contributed by atoms with Gasteiger partial charge in [-0.25, -0.2) is 8.42 Å². The van der Waals surface area contributed by atoms with Crippen molar-refractivity contribution in [3.63, 3.8) is 0 Å². The summed E-state index contributed by atoms with van der Waals surface area (Å²) in [6.45, 7) is 1.53. The van der Waals surface area contributed by atoms with Gasteiger partial charge in [0, 0.05) is 4.88 Å². The van der Waals surface area contributed by atoms with E-state index >= 15 is 0 Å². The Morgan fingerprint density at radius 1 is 1.19 bits per heavy atom. The van der Waals surface area contributed by atoms with E-state index in [2.05, 4.69) is 20.7 Å². The maximum atomic E-state index is 12.6. The number of halogens is 1. The number of thiophene rings is 1. The molecule has 2 aromatic heterocycles. The van der Waals surface area contributed by atoms with Crippen molar-refractivity contribution in [2.24, 2.45) is 0 Å². The standard InChI is InChI=1S/C14H15BrN2O6S3/c1-9-8-10(4-5-11-6-7-12(15)24-11)17(23-26(3,21)22)14(18)13(9)16-25(2,19)20/h4-8,16H,1-3H3. The molecule has 12 heteroatoms. The monoisotopic (exact) mass is 482 g/mol. The topological polar surface area (TPSA) is 112 Å². The molecule has 0 aliphatic heterocycles.